The topological polar surface area (TPSA) is 41.5 Å². The van der Waals surface area contributed by atoms with Crippen molar-refractivity contribution in [3.63, 3.8) is 0 Å². The van der Waals surface area contributed by atoms with Crippen LogP contribution in [0.15, 0.2) is 24.3 Å². The SMILES string of the molecule is CC(NC1C2CCCOC2C1(C)C)c1cccc(O)c1. The Morgan fingerprint density at radius 3 is 2.95 bits per heavy atom. The molecule has 4 unspecified atom stereocenters. The van der Waals surface area contributed by atoms with Gasteiger partial charge in [-0.05, 0) is 37.5 Å². The van der Waals surface area contributed by atoms with E-state index < -0.39 is 0 Å². The van der Waals surface area contributed by atoms with Crippen LogP contribution in [0.4, 0.5) is 0 Å². The molecule has 0 amide bonds. The Bertz CT molecular complexity index is 486. The highest BCUT2D eigenvalue weighted by Gasteiger charge is 2.57. The van der Waals surface area contributed by atoms with E-state index in [-0.39, 0.29) is 11.5 Å². The summed E-state index contributed by atoms with van der Waals surface area (Å²) >= 11 is 0. The standard InChI is InChI=1S/C17H25NO2/c1-11(12-6-4-7-13(19)10-12)18-15-14-8-5-9-20-16(14)17(15,2)3/h4,6-7,10-11,14-16,18-19H,5,8-9H2,1-3H3. The van der Waals surface area contributed by atoms with Crippen molar-refractivity contribution in [1.29, 1.82) is 0 Å². The molecule has 1 aromatic rings. The van der Waals surface area contributed by atoms with Crippen LogP contribution >= 0.6 is 0 Å². The van der Waals surface area contributed by atoms with Crippen molar-refractivity contribution in [3.8, 4) is 5.75 Å². The Kier molecular flexibility index (Phi) is 3.51. The second kappa shape index (κ2) is 5.05. The summed E-state index contributed by atoms with van der Waals surface area (Å²) < 4.78 is 5.95. The molecule has 2 N–H and O–H groups in total. The smallest absolute Gasteiger partial charge is 0.115 e. The quantitative estimate of drug-likeness (QED) is 0.889. The number of aromatic hydroxyl groups is 1. The predicted molar refractivity (Wildman–Crippen MR) is 79.7 cm³/mol. The summed E-state index contributed by atoms with van der Waals surface area (Å²) in [4.78, 5) is 0. The molecule has 3 heteroatoms. The van der Waals surface area contributed by atoms with E-state index in [9.17, 15) is 5.11 Å². The molecular weight excluding hydrogens is 250 g/mol. The number of hydrogen-bond donors (Lipinski definition) is 2. The third-order valence-electron chi connectivity index (χ3n) is 5.13. The zero-order valence-corrected chi connectivity index (χ0v) is 12.6. The lowest BCUT2D eigenvalue weighted by Gasteiger charge is -2.60. The van der Waals surface area contributed by atoms with Crippen LogP contribution in [-0.4, -0.2) is 23.9 Å². The normalized spacial score (nSPS) is 33.0. The molecule has 2 aliphatic rings. The maximum atomic E-state index is 9.61. The van der Waals surface area contributed by atoms with Crippen LogP contribution in [0.3, 0.4) is 0 Å². The van der Waals surface area contributed by atoms with Crippen molar-refractivity contribution in [2.75, 3.05) is 6.61 Å². The number of phenolic OH excluding ortho intramolecular Hbond substituents is 1. The van der Waals surface area contributed by atoms with Crippen molar-refractivity contribution in [1.82, 2.24) is 5.32 Å². The van der Waals surface area contributed by atoms with E-state index in [1.807, 2.05) is 12.1 Å². The van der Waals surface area contributed by atoms with Gasteiger partial charge in [0, 0.05) is 30.0 Å². The summed E-state index contributed by atoms with van der Waals surface area (Å²) in [7, 11) is 0. The van der Waals surface area contributed by atoms with Crippen molar-refractivity contribution in [3.05, 3.63) is 29.8 Å². The lowest BCUT2D eigenvalue weighted by molar-refractivity contribution is -0.194. The first kappa shape index (κ1) is 13.9. The second-order valence-electron chi connectivity index (χ2n) is 6.88. The maximum absolute atomic E-state index is 9.61. The second-order valence-corrected chi connectivity index (χ2v) is 6.88. The van der Waals surface area contributed by atoms with Crippen LogP contribution < -0.4 is 5.32 Å². The number of benzene rings is 1. The fraction of sp³-hybridized carbons (Fsp3) is 0.647. The summed E-state index contributed by atoms with van der Waals surface area (Å²) in [6, 6.07) is 8.27. The van der Waals surface area contributed by atoms with Gasteiger partial charge in [-0.1, -0.05) is 26.0 Å². The Morgan fingerprint density at radius 2 is 2.20 bits per heavy atom. The van der Waals surface area contributed by atoms with Gasteiger partial charge in [0.2, 0.25) is 0 Å². The van der Waals surface area contributed by atoms with Crippen LogP contribution in [-0.2, 0) is 4.74 Å². The highest BCUT2D eigenvalue weighted by atomic mass is 16.5. The fourth-order valence-electron chi connectivity index (χ4n) is 4.02. The average Bonchev–Trinajstić information content (AvgIpc) is 2.44. The first-order valence-electron chi connectivity index (χ1n) is 7.66. The molecule has 1 saturated heterocycles. The van der Waals surface area contributed by atoms with E-state index in [1.54, 1.807) is 6.07 Å². The molecule has 4 atom stereocenters. The molecule has 110 valence electrons. The van der Waals surface area contributed by atoms with Gasteiger partial charge in [-0.25, -0.2) is 0 Å². The molecule has 2 fully saturated rings. The highest BCUT2D eigenvalue weighted by Crippen LogP contribution is 2.51. The molecule has 0 bridgehead atoms. The van der Waals surface area contributed by atoms with Gasteiger partial charge in [0.15, 0.2) is 0 Å². The minimum atomic E-state index is 0.191. The van der Waals surface area contributed by atoms with Crippen LogP contribution in [0.5, 0.6) is 5.75 Å². The zero-order valence-electron chi connectivity index (χ0n) is 12.6. The van der Waals surface area contributed by atoms with Gasteiger partial charge in [0.1, 0.15) is 5.75 Å². The number of hydrogen-bond acceptors (Lipinski definition) is 3. The molecule has 1 aromatic carbocycles. The van der Waals surface area contributed by atoms with Gasteiger partial charge in [0.05, 0.1) is 6.10 Å². The molecule has 1 aliphatic carbocycles. The van der Waals surface area contributed by atoms with Gasteiger partial charge in [-0.3, -0.25) is 0 Å². The predicted octanol–water partition coefficient (Wildman–Crippen LogP) is 3.25. The monoisotopic (exact) mass is 275 g/mol. The van der Waals surface area contributed by atoms with Crippen molar-refractivity contribution in [2.45, 2.75) is 51.8 Å². The molecule has 1 heterocycles. The molecular formula is C17H25NO2. The summed E-state index contributed by atoms with van der Waals surface area (Å²) in [6.07, 6.45) is 2.85. The third kappa shape index (κ3) is 2.23. The average molecular weight is 275 g/mol. The summed E-state index contributed by atoms with van der Waals surface area (Å²) in [5.41, 5.74) is 1.33. The van der Waals surface area contributed by atoms with Crippen molar-refractivity contribution in [2.24, 2.45) is 11.3 Å². The van der Waals surface area contributed by atoms with E-state index in [2.05, 4.69) is 32.2 Å². The molecule has 20 heavy (non-hydrogen) atoms. The lowest BCUT2D eigenvalue weighted by atomic mass is 9.55. The molecule has 1 aliphatic heterocycles. The number of phenols is 1. The number of rotatable bonds is 3. The Hall–Kier alpha value is -1.06. The number of ether oxygens (including phenoxy) is 1. The molecule has 0 radical (unpaired) electrons. The van der Waals surface area contributed by atoms with Gasteiger partial charge in [-0.15, -0.1) is 0 Å². The molecule has 1 saturated carbocycles. The van der Waals surface area contributed by atoms with E-state index in [0.717, 1.165) is 12.2 Å². The summed E-state index contributed by atoms with van der Waals surface area (Å²) in [6.45, 7) is 7.68. The Labute approximate surface area is 121 Å². The van der Waals surface area contributed by atoms with E-state index in [4.69, 9.17) is 4.74 Å². The van der Waals surface area contributed by atoms with Gasteiger partial charge < -0.3 is 15.2 Å². The van der Waals surface area contributed by atoms with Crippen molar-refractivity contribution < 1.29 is 9.84 Å². The molecule has 0 aromatic heterocycles. The minimum Gasteiger partial charge on any atom is -0.508 e. The Balaban J connectivity index is 1.71. The fourth-order valence-corrected chi connectivity index (χ4v) is 4.02. The third-order valence-corrected chi connectivity index (χ3v) is 5.13. The Morgan fingerprint density at radius 1 is 1.40 bits per heavy atom. The number of nitrogens with one attached hydrogen (secondary N) is 1. The van der Waals surface area contributed by atoms with Crippen LogP contribution in [0.1, 0.15) is 45.2 Å². The van der Waals surface area contributed by atoms with E-state index in [0.29, 0.717) is 23.8 Å². The largest absolute Gasteiger partial charge is 0.508 e. The maximum Gasteiger partial charge on any atom is 0.115 e. The van der Waals surface area contributed by atoms with E-state index >= 15 is 0 Å². The van der Waals surface area contributed by atoms with Crippen LogP contribution in [0.2, 0.25) is 0 Å². The van der Waals surface area contributed by atoms with Crippen LogP contribution in [0, 0.1) is 11.3 Å². The highest BCUT2D eigenvalue weighted by molar-refractivity contribution is 5.29. The lowest BCUT2D eigenvalue weighted by Crippen LogP contribution is -2.69. The minimum absolute atomic E-state index is 0.191. The summed E-state index contributed by atoms with van der Waals surface area (Å²) in [5.74, 6) is 0.974. The first-order valence-corrected chi connectivity index (χ1v) is 7.66. The molecule has 0 spiro atoms. The van der Waals surface area contributed by atoms with Gasteiger partial charge >= 0.3 is 0 Å². The molecule has 3 nitrogen and oxygen atoms in total. The van der Waals surface area contributed by atoms with E-state index in [1.165, 1.54) is 12.8 Å². The zero-order chi connectivity index (χ0) is 14.3. The van der Waals surface area contributed by atoms with Crippen LogP contribution in [0.25, 0.3) is 0 Å². The van der Waals surface area contributed by atoms with Crippen molar-refractivity contribution >= 4 is 0 Å². The van der Waals surface area contributed by atoms with Gasteiger partial charge in [-0.2, -0.15) is 0 Å². The molecule has 3 rings (SSSR count). The summed E-state index contributed by atoms with van der Waals surface area (Å²) in [5, 5.41) is 13.4. The first-order chi connectivity index (χ1) is 9.50. The number of fused-ring (bicyclic) bond motifs is 1. The van der Waals surface area contributed by atoms with Gasteiger partial charge in [0.25, 0.3) is 0 Å².